The zero-order valence-corrected chi connectivity index (χ0v) is 12.1. The third-order valence-electron chi connectivity index (χ3n) is 3.43. The highest BCUT2D eigenvalue weighted by molar-refractivity contribution is 5.72. The first-order chi connectivity index (χ1) is 9.06. The summed E-state index contributed by atoms with van der Waals surface area (Å²) in [7, 11) is 0. The predicted molar refractivity (Wildman–Crippen MR) is 73.2 cm³/mol. The molecular formula is C14H27NO4. The van der Waals surface area contributed by atoms with Crippen molar-refractivity contribution in [1.29, 1.82) is 0 Å². The second kappa shape index (κ2) is 10.8. The summed E-state index contributed by atoms with van der Waals surface area (Å²) in [6.07, 6.45) is 7.77. The van der Waals surface area contributed by atoms with E-state index in [9.17, 15) is 9.59 Å². The largest absolute Gasteiger partial charge is 0.481 e. The lowest BCUT2D eigenvalue weighted by Crippen LogP contribution is -2.17. The molecule has 1 aliphatic carbocycles. The van der Waals surface area contributed by atoms with Crippen LogP contribution >= 0.6 is 0 Å². The summed E-state index contributed by atoms with van der Waals surface area (Å²) in [6, 6.07) is 0. The Kier molecular flexibility index (Phi) is 10.2. The first kappa shape index (κ1) is 17.9. The van der Waals surface area contributed by atoms with E-state index in [1.807, 2.05) is 13.8 Å². The number of hydrogen-bond donors (Lipinski definition) is 2. The number of carbonyl (C=O) groups is 2. The fourth-order valence-electron chi connectivity index (χ4n) is 2.35. The minimum absolute atomic E-state index is 0.0926. The lowest BCUT2D eigenvalue weighted by atomic mass is 9.99. The third-order valence-corrected chi connectivity index (χ3v) is 3.43. The van der Waals surface area contributed by atoms with Crippen molar-refractivity contribution in [2.45, 2.75) is 65.2 Å². The van der Waals surface area contributed by atoms with Gasteiger partial charge in [0.2, 0.25) is 0 Å². The highest BCUT2D eigenvalue weighted by Gasteiger charge is 2.23. The second-order valence-corrected chi connectivity index (χ2v) is 5.03. The van der Waals surface area contributed by atoms with E-state index in [1.165, 1.54) is 0 Å². The molecule has 1 fully saturated rings. The van der Waals surface area contributed by atoms with Gasteiger partial charge in [-0.25, -0.2) is 0 Å². The topological polar surface area (TPSA) is 89.6 Å². The van der Waals surface area contributed by atoms with Crippen LogP contribution in [-0.2, 0) is 14.4 Å². The molecule has 0 unspecified atom stereocenters. The van der Waals surface area contributed by atoms with E-state index in [1.54, 1.807) is 0 Å². The van der Waals surface area contributed by atoms with Gasteiger partial charge in [0.05, 0.1) is 11.8 Å². The van der Waals surface area contributed by atoms with Crippen LogP contribution in [0.5, 0.6) is 0 Å². The maximum absolute atomic E-state index is 10.7. The van der Waals surface area contributed by atoms with Gasteiger partial charge in [-0.3, -0.25) is 9.59 Å². The van der Waals surface area contributed by atoms with E-state index in [-0.39, 0.29) is 17.8 Å². The first-order valence-corrected chi connectivity index (χ1v) is 7.20. The average molecular weight is 273 g/mol. The molecule has 1 rings (SSSR count). The zero-order chi connectivity index (χ0) is 14.7. The van der Waals surface area contributed by atoms with Crippen molar-refractivity contribution in [3.63, 3.8) is 0 Å². The molecule has 19 heavy (non-hydrogen) atoms. The summed E-state index contributed by atoms with van der Waals surface area (Å²) in [4.78, 5) is 25.2. The van der Waals surface area contributed by atoms with Gasteiger partial charge >= 0.3 is 11.9 Å². The van der Waals surface area contributed by atoms with Crippen LogP contribution in [0.15, 0.2) is 0 Å². The molecule has 0 atom stereocenters. The SMILES string of the molecule is CCCC(CCC)C(=O)O.NOC(=O)C1CCCC1. The number of carboxylic acids is 1. The van der Waals surface area contributed by atoms with Crippen LogP contribution < -0.4 is 5.90 Å². The molecule has 0 aromatic rings. The molecule has 0 bridgehead atoms. The molecular weight excluding hydrogens is 246 g/mol. The van der Waals surface area contributed by atoms with Gasteiger partial charge in [0.15, 0.2) is 0 Å². The molecule has 0 spiro atoms. The van der Waals surface area contributed by atoms with Crippen molar-refractivity contribution >= 4 is 11.9 Å². The van der Waals surface area contributed by atoms with Crippen LogP contribution in [0.25, 0.3) is 0 Å². The molecule has 0 aliphatic heterocycles. The molecule has 0 amide bonds. The fraction of sp³-hybridized carbons (Fsp3) is 0.857. The highest BCUT2D eigenvalue weighted by Crippen LogP contribution is 2.24. The molecule has 1 saturated carbocycles. The number of aliphatic carboxylic acids is 1. The lowest BCUT2D eigenvalue weighted by Gasteiger charge is -2.07. The molecule has 0 saturated heterocycles. The summed E-state index contributed by atoms with van der Waals surface area (Å²) in [5.74, 6) is 3.81. The van der Waals surface area contributed by atoms with E-state index in [0.29, 0.717) is 0 Å². The van der Waals surface area contributed by atoms with Crippen LogP contribution in [0, 0.1) is 11.8 Å². The number of rotatable bonds is 6. The van der Waals surface area contributed by atoms with Gasteiger partial charge < -0.3 is 9.94 Å². The van der Waals surface area contributed by atoms with Crippen LogP contribution in [-0.4, -0.2) is 17.0 Å². The first-order valence-electron chi connectivity index (χ1n) is 7.20. The molecule has 0 aromatic carbocycles. The maximum atomic E-state index is 10.7. The average Bonchev–Trinajstić information content (AvgIpc) is 2.92. The molecule has 5 nitrogen and oxygen atoms in total. The number of carbonyl (C=O) groups excluding carboxylic acids is 1. The Balaban J connectivity index is 0.000000342. The maximum Gasteiger partial charge on any atom is 0.327 e. The predicted octanol–water partition coefficient (Wildman–Crippen LogP) is 2.88. The third kappa shape index (κ3) is 7.82. The normalized spacial score (nSPS) is 14.9. The summed E-state index contributed by atoms with van der Waals surface area (Å²) in [6.45, 7) is 4.04. The van der Waals surface area contributed by atoms with Crippen molar-refractivity contribution in [3.8, 4) is 0 Å². The lowest BCUT2D eigenvalue weighted by molar-refractivity contribution is -0.148. The highest BCUT2D eigenvalue weighted by atomic mass is 16.7. The fourth-order valence-corrected chi connectivity index (χ4v) is 2.35. The number of hydrogen-bond acceptors (Lipinski definition) is 4. The van der Waals surface area contributed by atoms with E-state index in [0.717, 1.165) is 51.4 Å². The molecule has 5 heteroatoms. The van der Waals surface area contributed by atoms with Crippen LogP contribution in [0.3, 0.4) is 0 Å². The Morgan fingerprint density at radius 3 is 2.00 bits per heavy atom. The second-order valence-electron chi connectivity index (χ2n) is 5.03. The monoisotopic (exact) mass is 273 g/mol. The van der Waals surface area contributed by atoms with Gasteiger partial charge in [0.25, 0.3) is 0 Å². The van der Waals surface area contributed by atoms with Gasteiger partial charge in [-0.2, -0.15) is 5.90 Å². The molecule has 1 aliphatic rings. The Labute approximate surface area is 115 Å². The van der Waals surface area contributed by atoms with Gasteiger partial charge in [-0.05, 0) is 25.7 Å². The molecule has 0 aromatic heterocycles. The van der Waals surface area contributed by atoms with E-state index < -0.39 is 5.97 Å². The van der Waals surface area contributed by atoms with E-state index in [2.05, 4.69) is 4.84 Å². The van der Waals surface area contributed by atoms with Crippen LogP contribution in [0.1, 0.15) is 65.2 Å². The quantitative estimate of drug-likeness (QED) is 0.726. The number of nitrogens with two attached hydrogens (primary N) is 1. The Hall–Kier alpha value is -1.10. The summed E-state index contributed by atoms with van der Waals surface area (Å²) in [5, 5.41) is 8.64. The van der Waals surface area contributed by atoms with Crippen molar-refractivity contribution in [1.82, 2.24) is 0 Å². The minimum Gasteiger partial charge on any atom is -0.481 e. The summed E-state index contributed by atoms with van der Waals surface area (Å²) < 4.78 is 0. The zero-order valence-electron chi connectivity index (χ0n) is 12.1. The van der Waals surface area contributed by atoms with Crippen molar-refractivity contribution in [2.24, 2.45) is 17.7 Å². The van der Waals surface area contributed by atoms with Gasteiger partial charge in [-0.1, -0.05) is 39.5 Å². The van der Waals surface area contributed by atoms with Crippen LogP contribution in [0.4, 0.5) is 0 Å². The Morgan fingerprint density at radius 2 is 1.68 bits per heavy atom. The van der Waals surface area contributed by atoms with Gasteiger partial charge in [0, 0.05) is 0 Å². The number of carboxylic acid groups (broad SMARTS) is 1. The molecule has 3 N–H and O–H groups in total. The summed E-state index contributed by atoms with van der Waals surface area (Å²) >= 11 is 0. The van der Waals surface area contributed by atoms with Crippen molar-refractivity contribution in [3.05, 3.63) is 0 Å². The van der Waals surface area contributed by atoms with Gasteiger partial charge in [-0.15, -0.1) is 0 Å². The van der Waals surface area contributed by atoms with E-state index in [4.69, 9.17) is 11.0 Å². The standard InChI is InChI=1S/C8H16O2.C6H11NO2/c1-3-5-7(6-4-2)8(9)10;7-9-6(8)5-3-1-2-4-5/h7H,3-6H2,1-2H3,(H,9,10);5H,1-4,7H2. The van der Waals surface area contributed by atoms with Crippen LogP contribution in [0.2, 0.25) is 0 Å². The molecule has 112 valence electrons. The van der Waals surface area contributed by atoms with Gasteiger partial charge in [0.1, 0.15) is 0 Å². The summed E-state index contributed by atoms with van der Waals surface area (Å²) in [5.41, 5.74) is 0. The molecule has 0 heterocycles. The van der Waals surface area contributed by atoms with E-state index >= 15 is 0 Å². The van der Waals surface area contributed by atoms with Crippen molar-refractivity contribution < 1.29 is 19.5 Å². The minimum atomic E-state index is -0.635. The Morgan fingerprint density at radius 1 is 1.21 bits per heavy atom. The van der Waals surface area contributed by atoms with Crippen molar-refractivity contribution in [2.75, 3.05) is 0 Å². The smallest absolute Gasteiger partial charge is 0.327 e. The molecule has 0 radical (unpaired) electrons. The Bertz CT molecular complexity index is 256.